The average molecular weight is 294 g/mol. The molecule has 3 nitrogen and oxygen atoms in total. The molecule has 0 fully saturated rings. The van der Waals surface area contributed by atoms with Gasteiger partial charge in [0, 0.05) is 29.0 Å². The third-order valence-electron chi connectivity index (χ3n) is 3.06. The van der Waals surface area contributed by atoms with Gasteiger partial charge in [-0.25, -0.2) is 14.4 Å². The molecule has 1 unspecified atom stereocenters. The molecular weight excluding hydrogens is 277 g/mol. The minimum atomic E-state index is -0.280. The topological polar surface area (TPSA) is 37.8 Å². The third-order valence-corrected chi connectivity index (χ3v) is 3.30. The summed E-state index contributed by atoms with van der Waals surface area (Å²) < 4.78 is 13.9. The highest BCUT2D eigenvalue weighted by Gasteiger charge is 2.14. The van der Waals surface area contributed by atoms with Crippen LogP contribution in [0.25, 0.3) is 0 Å². The molecule has 2 aromatic rings. The fourth-order valence-corrected chi connectivity index (χ4v) is 2.18. The maximum absolute atomic E-state index is 13.9. The molecule has 1 heterocycles. The van der Waals surface area contributed by atoms with Crippen molar-refractivity contribution in [2.24, 2.45) is 0 Å². The van der Waals surface area contributed by atoms with Gasteiger partial charge in [0.2, 0.25) is 0 Å². The van der Waals surface area contributed by atoms with Crippen LogP contribution in [0.1, 0.15) is 30.5 Å². The molecule has 1 atom stereocenters. The van der Waals surface area contributed by atoms with Gasteiger partial charge < -0.3 is 5.32 Å². The molecule has 0 bridgehead atoms. The summed E-state index contributed by atoms with van der Waals surface area (Å²) >= 11 is 5.78. The van der Waals surface area contributed by atoms with Crippen molar-refractivity contribution in [1.82, 2.24) is 15.3 Å². The average Bonchev–Trinajstić information content (AvgIpc) is 2.46. The Balaban J connectivity index is 2.19. The van der Waals surface area contributed by atoms with E-state index in [-0.39, 0.29) is 11.9 Å². The number of hydrogen-bond donors (Lipinski definition) is 1. The number of nitrogens with zero attached hydrogens (tertiary/aromatic N) is 2. The molecule has 1 aromatic heterocycles. The fourth-order valence-electron chi connectivity index (χ4n) is 2.02. The van der Waals surface area contributed by atoms with E-state index in [4.69, 9.17) is 11.6 Å². The molecule has 20 heavy (non-hydrogen) atoms. The Morgan fingerprint density at radius 1 is 1.30 bits per heavy atom. The van der Waals surface area contributed by atoms with E-state index >= 15 is 0 Å². The van der Waals surface area contributed by atoms with Crippen LogP contribution in [0, 0.1) is 5.82 Å². The van der Waals surface area contributed by atoms with E-state index in [2.05, 4.69) is 22.2 Å². The lowest BCUT2D eigenvalue weighted by Crippen LogP contribution is -2.24. The number of hydrogen-bond acceptors (Lipinski definition) is 3. The van der Waals surface area contributed by atoms with Crippen molar-refractivity contribution in [3.05, 3.63) is 58.9 Å². The summed E-state index contributed by atoms with van der Waals surface area (Å²) in [5, 5.41) is 3.81. The van der Waals surface area contributed by atoms with Crippen molar-refractivity contribution in [3.8, 4) is 0 Å². The number of benzene rings is 1. The summed E-state index contributed by atoms with van der Waals surface area (Å²) in [6.45, 7) is 2.95. The second-order valence-corrected chi connectivity index (χ2v) is 5.05. The zero-order chi connectivity index (χ0) is 14.4. The number of aromatic nitrogens is 2. The summed E-state index contributed by atoms with van der Waals surface area (Å²) in [6, 6.07) is 4.77. The summed E-state index contributed by atoms with van der Waals surface area (Å²) in [4.78, 5) is 8.05. The molecule has 0 radical (unpaired) electrons. The summed E-state index contributed by atoms with van der Waals surface area (Å²) in [7, 11) is 0. The quantitative estimate of drug-likeness (QED) is 0.885. The Bertz CT molecular complexity index is 548. The maximum Gasteiger partial charge on any atom is 0.127 e. The molecule has 0 aliphatic heterocycles. The SMILES string of the molecule is CCCNC(Cc1ccc(Cl)cc1F)c1cncnc1. The predicted octanol–water partition coefficient (Wildman–Crippen LogP) is 3.55. The predicted molar refractivity (Wildman–Crippen MR) is 78.2 cm³/mol. The second kappa shape index (κ2) is 7.31. The van der Waals surface area contributed by atoms with Crippen molar-refractivity contribution in [1.29, 1.82) is 0 Å². The highest BCUT2D eigenvalue weighted by Crippen LogP contribution is 2.21. The van der Waals surface area contributed by atoms with Crippen molar-refractivity contribution in [2.45, 2.75) is 25.8 Å². The van der Waals surface area contributed by atoms with Crippen molar-refractivity contribution in [2.75, 3.05) is 6.54 Å². The van der Waals surface area contributed by atoms with Gasteiger partial charge in [-0.3, -0.25) is 0 Å². The molecule has 1 aromatic carbocycles. The lowest BCUT2D eigenvalue weighted by Gasteiger charge is -2.18. The largest absolute Gasteiger partial charge is 0.310 e. The van der Waals surface area contributed by atoms with Gasteiger partial charge in [-0.15, -0.1) is 0 Å². The van der Waals surface area contributed by atoms with Gasteiger partial charge in [0.05, 0.1) is 0 Å². The highest BCUT2D eigenvalue weighted by molar-refractivity contribution is 6.30. The van der Waals surface area contributed by atoms with Crippen molar-refractivity contribution >= 4 is 11.6 Å². The van der Waals surface area contributed by atoms with Gasteiger partial charge in [-0.1, -0.05) is 24.6 Å². The maximum atomic E-state index is 13.9. The second-order valence-electron chi connectivity index (χ2n) is 4.62. The standard InChI is InChI=1S/C15H17ClFN3/c1-2-5-20-15(12-8-18-10-19-9-12)6-11-3-4-13(16)7-14(11)17/h3-4,7-10,15,20H,2,5-6H2,1H3. The van der Waals surface area contributed by atoms with E-state index in [1.807, 2.05) is 0 Å². The van der Waals surface area contributed by atoms with Crippen LogP contribution in [0.15, 0.2) is 36.9 Å². The van der Waals surface area contributed by atoms with Gasteiger partial charge in [-0.05, 0) is 37.1 Å². The van der Waals surface area contributed by atoms with Crippen LogP contribution in [-0.4, -0.2) is 16.5 Å². The zero-order valence-electron chi connectivity index (χ0n) is 11.3. The summed E-state index contributed by atoms with van der Waals surface area (Å²) in [6.07, 6.45) is 6.55. The van der Waals surface area contributed by atoms with Crippen LogP contribution >= 0.6 is 11.6 Å². The molecule has 106 valence electrons. The molecule has 0 amide bonds. The molecule has 0 spiro atoms. The van der Waals surface area contributed by atoms with E-state index in [1.54, 1.807) is 24.5 Å². The van der Waals surface area contributed by atoms with Crippen LogP contribution in [0.5, 0.6) is 0 Å². The van der Waals surface area contributed by atoms with Crippen LogP contribution < -0.4 is 5.32 Å². The Labute approximate surface area is 123 Å². The normalized spacial score (nSPS) is 12.3. The first-order valence-electron chi connectivity index (χ1n) is 6.63. The lowest BCUT2D eigenvalue weighted by molar-refractivity contribution is 0.510. The Kier molecular flexibility index (Phi) is 5.44. The Morgan fingerprint density at radius 3 is 2.70 bits per heavy atom. The minimum Gasteiger partial charge on any atom is -0.310 e. The third kappa shape index (κ3) is 3.99. The fraction of sp³-hybridized carbons (Fsp3) is 0.333. The highest BCUT2D eigenvalue weighted by atomic mass is 35.5. The number of rotatable bonds is 6. The summed E-state index contributed by atoms with van der Waals surface area (Å²) in [5.74, 6) is -0.280. The first kappa shape index (κ1) is 14.9. The van der Waals surface area contributed by atoms with Crippen LogP contribution in [0.2, 0.25) is 5.02 Å². The van der Waals surface area contributed by atoms with E-state index in [1.165, 1.54) is 12.4 Å². The van der Waals surface area contributed by atoms with E-state index in [0.717, 1.165) is 18.5 Å². The Morgan fingerprint density at radius 2 is 2.05 bits per heavy atom. The number of nitrogens with one attached hydrogen (secondary N) is 1. The van der Waals surface area contributed by atoms with Gasteiger partial charge >= 0.3 is 0 Å². The molecular formula is C15H17ClFN3. The first-order chi connectivity index (χ1) is 9.70. The van der Waals surface area contributed by atoms with Crippen LogP contribution in [-0.2, 0) is 6.42 Å². The monoisotopic (exact) mass is 293 g/mol. The van der Waals surface area contributed by atoms with Gasteiger partial charge in [-0.2, -0.15) is 0 Å². The summed E-state index contributed by atoms with van der Waals surface area (Å²) in [5.41, 5.74) is 1.59. The van der Waals surface area contributed by atoms with E-state index < -0.39 is 0 Å². The van der Waals surface area contributed by atoms with Gasteiger partial charge in [0.25, 0.3) is 0 Å². The smallest absolute Gasteiger partial charge is 0.127 e. The van der Waals surface area contributed by atoms with Crippen molar-refractivity contribution in [3.63, 3.8) is 0 Å². The molecule has 5 heteroatoms. The molecule has 0 saturated heterocycles. The van der Waals surface area contributed by atoms with Gasteiger partial charge in [0.1, 0.15) is 12.1 Å². The van der Waals surface area contributed by atoms with Crippen molar-refractivity contribution < 1.29 is 4.39 Å². The van der Waals surface area contributed by atoms with E-state index in [9.17, 15) is 4.39 Å². The zero-order valence-corrected chi connectivity index (χ0v) is 12.1. The molecule has 0 aliphatic carbocycles. The number of halogens is 2. The first-order valence-corrected chi connectivity index (χ1v) is 7.00. The Hall–Kier alpha value is -1.52. The molecule has 0 saturated carbocycles. The molecule has 2 rings (SSSR count). The lowest BCUT2D eigenvalue weighted by atomic mass is 10.0. The van der Waals surface area contributed by atoms with Gasteiger partial charge in [0.15, 0.2) is 0 Å². The molecule has 1 N–H and O–H groups in total. The van der Waals surface area contributed by atoms with Crippen LogP contribution in [0.3, 0.4) is 0 Å². The molecule has 0 aliphatic rings. The van der Waals surface area contributed by atoms with E-state index in [0.29, 0.717) is 17.0 Å². The van der Waals surface area contributed by atoms with Crippen LogP contribution in [0.4, 0.5) is 4.39 Å². The minimum absolute atomic E-state index is 0.00757.